The van der Waals surface area contributed by atoms with E-state index in [9.17, 15) is 5.11 Å². The molecule has 7 nitrogen and oxygen atoms in total. The minimum atomic E-state index is -0.782. The second kappa shape index (κ2) is 6.63. The molecule has 0 aliphatic carbocycles. The van der Waals surface area contributed by atoms with E-state index in [2.05, 4.69) is 15.1 Å². The third kappa shape index (κ3) is 3.76. The van der Waals surface area contributed by atoms with E-state index in [0.29, 0.717) is 24.0 Å². The van der Waals surface area contributed by atoms with Gasteiger partial charge in [0.1, 0.15) is 0 Å². The van der Waals surface area contributed by atoms with Crippen molar-refractivity contribution in [1.82, 2.24) is 15.1 Å². The minimum absolute atomic E-state index is 0.0418. The van der Waals surface area contributed by atoms with Gasteiger partial charge in [-0.3, -0.25) is 0 Å². The van der Waals surface area contributed by atoms with Crippen LogP contribution in [0.25, 0.3) is 0 Å². The normalized spacial score (nSPS) is 11.8. The molecule has 2 aromatic rings. The predicted octanol–water partition coefficient (Wildman–Crippen LogP) is 0.881. The number of methoxy groups -OCH3 is 1. The molecule has 1 atom stereocenters. The van der Waals surface area contributed by atoms with Gasteiger partial charge in [0.25, 0.3) is 0 Å². The zero-order valence-electron chi connectivity index (χ0n) is 11.0. The summed E-state index contributed by atoms with van der Waals surface area (Å²) in [5.74, 6) is 1.38. The maximum absolute atomic E-state index is 9.49. The van der Waals surface area contributed by atoms with E-state index in [-0.39, 0.29) is 12.8 Å². The summed E-state index contributed by atoms with van der Waals surface area (Å²) in [6.07, 6.45) is 1.60. The lowest BCUT2D eigenvalue weighted by Gasteiger charge is -2.00. The molecule has 1 N–H and O–H groups in total. The number of aromatic nitrogens is 3. The second-order valence-corrected chi connectivity index (χ2v) is 4.21. The Morgan fingerprint density at radius 1 is 1.50 bits per heavy atom. The van der Waals surface area contributed by atoms with Crippen molar-refractivity contribution in [2.45, 2.75) is 25.4 Å². The van der Waals surface area contributed by atoms with Crippen LogP contribution in [0.15, 0.2) is 22.9 Å². The molecular formula is C13H14N4O3. The van der Waals surface area contributed by atoms with Crippen LogP contribution < -0.4 is 4.74 Å². The molecule has 0 bridgehead atoms. The zero-order chi connectivity index (χ0) is 14.4. The Morgan fingerprint density at radius 3 is 3.00 bits per heavy atom. The fraction of sp³-hybridized carbons (Fsp3) is 0.385. The molecule has 0 saturated heterocycles. The monoisotopic (exact) mass is 274 g/mol. The van der Waals surface area contributed by atoms with Crippen molar-refractivity contribution >= 4 is 0 Å². The summed E-state index contributed by atoms with van der Waals surface area (Å²) in [7, 11) is 1.56. The number of nitriles is 1. The summed E-state index contributed by atoms with van der Waals surface area (Å²) in [6, 6.07) is 5.51. The smallest absolute Gasteiger partial charge is 0.229 e. The second-order valence-electron chi connectivity index (χ2n) is 4.21. The molecule has 0 aliphatic heterocycles. The van der Waals surface area contributed by atoms with Gasteiger partial charge in [-0.15, -0.1) is 0 Å². The summed E-state index contributed by atoms with van der Waals surface area (Å²) >= 11 is 0. The van der Waals surface area contributed by atoms with Crippen LogP contribution in [0.5, 0.6) is 5.88 Å². The standard InChI is InChI=1S/C13H14N4O3/c1-19-12-3-2-9(8-15-12)6-11-16-13(20-17-11)7-10(18)4-5-14/h2-3,8,10,18H,4,6-7H2,1H3. The number of pyridine rings is 1. The van der Waals surface area contributed by atoms with Gasteiger partial charge in [0.15, 0.2) is 5.82 Å². The topological polar surface area (TPSA) is 105 Å². The Morgan fingerprint density at radius 2 is 2.35 bits per heavy atom. The predicted molar refractivity (Wildman–Crippen MR) is 67.8 cm³/mol. The van der Waals surface area contributed by atoms with E-state index >= 15 is 0 Å². The van der Waals surface area contributed by atoms with Gasteiger partial charge in [-0.25, -0.2) is 4.98 Å². The molecule has 0 aliphatic rings. The number of hydrogen-bond acceptors (Lipinski definition) is 7. The first kappa shape index (κ1) is 14.0. The summed E-state index contributed by atoms with van der Waals surface area (Å²) in [6.45, 7) is 0. The van der Waals surface area contributed by atoms with E-state index < -0.39 is 6.10 Å². The molecule has 0 saturated carbocycles. The molecule has 20 heavy (non-hydrogen) atoms. The molecule has 0 spiro atoms. The van der Waals surface area contributed by atoms with Crippen molar-refractivity contribution in [3.63, 3.8) is 0 Å². The first-order chi connectivity index (χ1) is 9.71. The van der Waals surface area contributed by atoms with Crippen molar-refractivity contribution in [3.05, 3.63) is 35.6 Å². The molecule has 2 aromatic heterocycles. The number of rotatable bonds is 6. The van der Waals surface area contributed by atoms with Crippen LogP contribution in [0.1, 0.15) is 23.7 Å². The SMILES string of the molecule is COc1ccc(Cc2noc(CC(O)CC#N)n2)cn1. The Bertz CT molecular complexity index is 588. The highest BCUT2D eigenvalue weighted by atomic mass is 16.5. The Balaban J connectivity index is 1.96. The van der Waals surface area contributed by atoms with Crippen LogP contribution in [0.2, 0.25) is 0 Å². The molecular weight excluding hydrogens is 260 g/mol. The van der Waals surface area contributed by atoms with Crippen LogP contribution in [0.3, 0.4) is 0 Å². The summed E-state index contributed by atoms with van der Waals surface area (Å²) in [5.41, 5.74) is 0.927. The van der Waals surface area contributed by atoms with Gasteiger partial charge >= 0.3 is 0 Å². The van der Waals surface area contributed by atoms with E-state index in [1.807, 2.05) is 12.1 Å². The van der Waals surface area contributed by atoms with Gasteiger partial charge < -0.3 is 14.4 Å². The molecule has 7 heteroatoms. The van der Waals surface area contributed by atoms with Crippen LogP contribution in [0, 0.1) is 11.3 Å². The number of aliphatic hydroxyl groups is 1. The van der Waals surface area contributed by atoms with Crippen molar-refractivity contribution in [1.29, 1.82) is 5.26 Å². The van der Waals surface area contributed by atoms with Crippen molar-refractivity contribution in [2.24, 2.45) is 0 Å². The third-order valence-electron chi connectivity index (χ3n) is 2.62. The summed E-state index contributed by atoms with van der Waals surface area (Å²) < 4.78 is 10.00. The molecule has 104 valence electrons. The van der Waals surface area contributed by atoms with Crippen molar-refractivity contribution in [2.75, 3.05) is 7.11 Å². The fourth-order valence-electron chi connectivity index (χ4n) is 1.64. The Hall–Kier alpha value is -2.46. The average Bonchev–Trinajstić information content (AvgIpc) is 2.87. The molecule has 1 unspecified atom stereocenters. The lowest BCUT2D eigenvalue weighted by molar-refractivity contribution is 0.167. The highest BCUT2D eigenvalue weighted by molar-refractivity contribution is 5.20. The van der Waals surface area contributed by atoms with Gasteiger partial charge in [-0.2, -0.15) is 10.2 Å². The molecule has 0 aromatic carbocycles. The molecule has 0 amide bonds. The fourth-order valence-corrected chi connectivity index (χ4v) is 1.64. The Kier molecular flexibility index (Phi) is 4.63. The van der Waals surface area contributed by atoms with Gasteiger partial charge in [-0.1, -0.05) is 11.2 Å². The number of ether oxygens (including phenoxy) is 1. The van der Waals surface area contributed by atoms with E-state index in [1.54, 1.807) is 19.4 Å². The third-order valence-corrected chi connectivity index (χ3v) is 2.62. The quantitative estimate of drug-likeness (QED) is 0.833. The van der Waals surface area contributed by atoms with Crippen LogP contribution in [0.4, 0.5) is 0 Å². The van der Waals surface area contributed by atoms with Crippen LogP contribution >= 0.6 is 0 Å². The maximum Gasteiger partial charge on any atom is 0.229 e. The van der Waals surface area contributed by atoms with Crippen molar-refractivity contribution in [3.8, 4) is 11.9 Å². The largest absolute Gasteiger partial charge is 0.481 e. The molecule has 2 heterocycles. The maximum atomic E-state index is 9.49. The summed E-state index contributed by atoms with van der Waals surface area (Å²) in [5, 5.41) is 21.8. The Labute approximate surface area is 115 Å². The highest BCUT2D eigenvalue weighted by Gasteiger charge is 2.12. The number of hydrogen-bond donors (Lipinski definition) is 1. The lowest BCUT2D eigenvalue weighted by atomic mass is 10.2. The molecule has 2 rings (SSSR count). The van der Waals surface area contributed by atoms with Crippen molar-refractivity contribution < 1.29 is 14.4 Å². The highest BCUT2D eigenvalue weighted by Crippen LogP contribution is 2.11. The average molecular weight is 274 g/mol. The zero-order valence-corrected chi connectivity index (χ0v) is 11.0. The number of nitrogens with zero attached hydrogens (tertiary/aromatic N) is 4. The molecule has 0 fully saturated rings. The van der Waals surface area contributed by atoms with Gasteiger partial charge in [0.2, 0.25) is 11.8 Å². The summed E-state index contributed by atoms with van der Waals surface area (Å²) in [4.78, 5) is 8.25. The van der Waals surface area contributed by atoms with Gasteiger partial charge in [0, 0.05) is 18.7 Å². The van der Waals surface area contributed by atoms with E-state index in [1.165, 1.54) is 0 Å². The van der Waals surface area contributed by atoms with E-state index in [4.69, 9.17) is 14.5 Å². The van der Waals surface area contributed by atoms with Crippen LogP contribution in [-0.4, -0.2) is 33.4 Å². The molecule has 0 radical (unpaired) electrons. The first-order valence-electron chi connectivity index (χ1n) is 6.06. The lowest BCUT2D eigenvalue weighted by Crippen LogP contribution is -2.09. The van der Waals surface area contributed by atoms with E-state index in [0.717, 1.165) is 5.56 Å². The van der Waals surface area contributed by atoms with Gasteiger partial charge in [-0.05, 0) is 5.56 Å². The van der Waals surface area contributed by atoms with Gasteiger partial charge in [0.05, 0.1) is 32.1 Å². The van der Waals surface area contributed by atoms with Crippen LogP contribution in [-0.2, 0) is 12.8 Å². The number of aliphatic hydroxyl groups excluding tert-OH is 1. The first-order valence-corrected chi connectivity index (χ1v) is 6.06. The minimum Gasteiger partial charge on any atom is -0.481 e.